The number of unbranched alkanes of at least 4 members (excludes halogenated alkanes) is 2. The number of benzene rings is 2. The first-order valence-electron chi connectivity index (χ1n) is 7.95. The zero-order chi connectivity index (χ0) is 16.5. The number of phenolic OH excluding ortho intramolecular Hbond substituents is 1. The molecule has 0 amide bonds. The summed E-state index contributed by atoms with van der Waals surface area (Å²) in [5, 5.41) is 22.7. The fourth-order valence-electron chi connectivity index (χ4n) is 2.37. The van der Waals surface area contributed by atoms with Crippen molar-refractivity contribution in [3.05, 3.63) is 59.7 Å². The van der Waals surface area contributed by atoms with Gasteiger partial charge in [-0.3, -0.25) is 0 Å². The maximum atomic E-state index is 10.2. The molecule has 0 radical (unpaired) electrons. The van der Waals surface area contributed by atoms with E-state index in [4.69, 9.17) is 4.74 Å². The second-order valence-electron chi connectivity index (χ2n) is 5.46. The topological polar surface area (TPSA) is 62.1 Å². The Kier molecular flexibility index (Phi) is 6.48. The first kappa shape index (κ1) is 16.9. The van der Waals surface area contributed by atoms with E-state index in [1.807, 2.05) is 30.3 Å². The van der Waals surface area contributed by atoms with E-state index in [2.05, 4.69) is 12.1 Å². The molecule has 0 atom stereocenters. The van der Waals surface area contributed by atoms with Crippen molar-refractivity contribution in [2.24, 2.45) is 5.16 Å². The molecule has 0 saturated carbocycles. The van der Waals surface area contributed by atoms with Crippen LogP contribution in [0.3, 0.4) is 0 Å². The Bertz CT molecular complexity index is 638. The number of oxime groups is 1. The summed E-state index contributed by atoms with van der Waals surface area (Å²) in [7, 11) is 0. The van der Waals surface area contributed by atoms with Gasteiger partial charge in [0.25, 0.3) is 0 Å². The van der Waals surface area contributed by atoms with Crippen molar-refractivity contribution >= 4 is 5.71 Å². The Labute approximate surface area is 137 Å². The largest absolute Gasteiger partial charge is 0.507 e. The van der Waals surface area contributed by atoms with Gasteiger partial charge in [-0.05, 0) is 30.5 Å². The van der Waals surface area contributed by atoms with E-state index in [0.29, 0.717) is 30.1 Å². The Morgan fingerprint density at radius 3 is 2.52 bits per heavy atom. The molecule has 0 aromatic heterocycles. The SMILES string of the molecule is CCCCC/C(=N\O)c1ccc(OCc2ccccc2)cc1O. The standard InChI is InChI=1S/C19H23NO3/c1-2-3-5-10-18(20-22)17-12-11-16(13-19(17)21)23-14-15-8-6-4-7-9-15/h4,6-9,11-13,21-22H,2-3,5,10,14H2,1H3/b20-18+. The minimum Gasteiger partial charge on any atom is -0.507 e. The van der Waals surface area contributed by atoms with Crippen LogP contribution in [0.4, 0.5) is 0 Å². The fourth-order valence-corrected chi connectivity index (χ4v) is 2.37. The van der Waals surface area contributed by atoms with E-state index >= 15 is 0 Å². The van der Waals surface area contributed by atoms with E-state index in [9.17, 15) is 10.3 Å². The average molecular weight is 313 g/mol. The minimum absolute atomic E-state index is 0.0693. The molecule has 0 aliphatic rings. The van der Waals surface area contributed by atoms with E-state index < -0.39 is 0 Å². The Morgan fingerprint density at radius 2 is 1.87 bits per heavy atom. The van der Waals surface area contributed by atoms with Crippen molar-refractivity contribution in [3.63, 3.8) is 0 Å². The highest BCUT2D eigenvalue weighted by Gasteiger charge is 2.11. The van der Waals surface area contributed by atoms with Gasteiger partial charge in [0.2, 0.25) is 0 Å². The molecule has 4 nitrogen and oxygen atoms in total. The summed E-state index contributed by atoms with van der Waals surface area (Å²) in [5.41, 5.74) is 2.12. The third-order valence-electron chi connectivity index (χ3n) is 3.67. The second kappa shape index (κ2) is 8.83. The molecule has 4 heteroatoms. The highest BCUT2D eigenvalue weighted by molar-refractivity contribution is 6.02. The lowest BCUT2D eigenvalue weighted by atomic mass is 10.0. The number of phenols is 1. The van der Waals surface area contributed by atoms with Crippen LogP contribution in [0.5, 0.6) is 11.5 Å². The van der Waals surface area contributed by atoms with Crippen molar-refractivity contribution < 1.29 is 15.1 Å². The molecule has 122 valence electrons. The molecule has 0 spiro atoms. The summed E-state index contributed by atoms with van der Waals surface area (Å²) in [6, 6.07) is 14.9. The predicted octanol–water partition coefficient (Wildman–Crippen LogP) is 4.73. The van der Waals surface area contributed by atoms with Crippen molar-refractivity contribution in [2.75, 3.05) is 0 Å². The van der Waals surface area contributed by atoms with Crippen LogP contribution >= 0.6 is 0 Å². The Balaban J connectivity index is 2.02. The van der Waals surface area contributed by atoms with E-state index in [1.165, 1.54) is 0 Å². The van der Waals surface area contributed by atoms with Crippen molar-refractivity contribution in [2.45, 2.75) is 39.2 Å². The van der Waals surface area contributed by atoms with E-state index in [-0.39, 0.29) is 5.75 Å². The zero-order valence-electron chi connectivity index (χ0n) is 13.4. The average Bonchev–Trinajstić information content (AvgIpc) is 2.59. The summed E-state index contributed by atoms with van der Waals surface area (Å²) in [4.78, 5) is 0. The smallest absolute Gasteiger partial charge is 0.128 e. The van der Waals surface area contributed by atoms with Gasteiger partial charge in [0.05, 0.1) is 5.71 Å². The van der Waals surface area contributed by atoms with Gasteiger partial charge >= 0.3 is 0 Å². The summed E-state index contributed by atoms with van der Waals surface area (Å²) in [6.45, 7) is 2.56. The van der Waals surface area contributed by atoms with Crippen molar-refractivity contribution in [3.8, 4) is 11.5 Å². The van der Waals surface area contributed by atoms with Crippen LogP contribution in [0.15, 0.2) is 53.7 Å². The quantitative estimate of drug-likeness (QED) is 0.320. The number of hydrogen-bond donors (Lipinski definition) is 2. The first-order chi connectivity index (χ1) is 11.2. The molecule has 0 saturated heterocycles. The van der Waals surface area contributed by atoms with Crippen LogP contribution in [0, 0.1) is 0 Å². The number of rotatable bonds is 8. The van der Waals surface area contributed by atoms with Crippen molar-refractivity contribution in [1.82, 2.24) is 0 Å². The summed E-state index contributed by atoms with van der Waals surface area (Å²) in [6.07, 6.45) is 3.73. The normalized spacial score (nSPS) is 11.4. The van der Waals surface area contributed by atoms with Crippen LogP contribution in [0.1, 0.15) is 43.7 Å². The zero-order valence-corrected chi connectivity index (χ0v) is 13.4. The predicted molar refractivity (Wildman–Crippen MR) is 91.3 cm³/mol. The third kappa shape index (κ3) is 5.02. The van der Waals surface area contributed by atoms with Gasteiger partial charge in [0, 0.05) is 11.6 Å². The number of ether oxygens (including phenoxy) is 1. The maximum absolute atomic E-state index is 10.2. The lowest BCUT2D eigenvalue weighted by molar-refractivity contribution is 0.304. The van der Waals surface area contributed by atoms with Gasteiger partial charge in [0.15, 0.2) is 0 Å². The molecule has 2 aromatic carbocycles. The molecule has 2 aromatic rings. The maximum Gasteiger partial charge on any atom is 0.128 e. The number of nitrogens with zero attached hydrogens (tertiary/aromatic N) is 1. The van der Waals surface area contributed by atoms with Crippen LogP contribution < -0.4 is 4.74 Å². The molecule has 23 heavy (non-hydrogen) atoms. The highest BCUT2D eigenvalue weighted by atomic mass is 16.5. The van der Waals surface area contributed by atoms with Crippen molar-refractivity contribution in [1.29, 1.82) is 0 Å². The van der Waals surface area contributed by atoms with E-state index in [0.717, 1.165) is 24.8 Å². The van der Waals surface area contributed by atoms with Gasteiger partial charge in [-0.15, -0.1) is 0 Å². The van der Waals surface area contributed by atoms with Crippen LogP contribution in [-0.4, -0.2) is 16.0 Å². The van der Waals surface area contributed by atoms with Crippen LogP contribution in [-0.2, 0) is 6.61 Å². The minimum atomic E-state index is 0.0693. The Morgan fingerprint density at radius 1 is 1.09 bits per heavy atom. The summed E-state index contributed by atoms with van der Waals surface area (Å²) < 4.78 is 5.68. The van der Waals surface area contributed by atoms with Crippen LogP contribution in [0.25, 0.3) is 0 Å². The molecular weight excluding hydrogens is 290 g/mol. The van der Waals surface area contributed by atoms with Gasteiger partial charge in [0.1, 0.15) is 18.1 Å². The highest BCUT2D eigenvalue weighted by Crippen LogP contribution is 2.26. The lowest BCUT2D eigenvalue weighted by Crippen LogP contribution is -2.02. The fraction of sp³-hybridized carbons (Fsp3) is 0.316. The molecule has 0 aliphatic heterocycles. The lowest BCUT2D eigenvalue weighted by Gasteiger charge is -2.10. The van der Waals surface area contributed by atoms with E-state index in [1.54, 1.807) is 18.2 Å². The second-order valence-corrected chi connectivity index (χ2v) is 5.46. The van der Waals surface area contributed by atoms with Crippen LogP contribution in [0.2, 0.25) is 0 Å². The van der Waals surface area contributed by atoms with Gasteiger partial charge in [-0.2, -0.15) is 0 Å². The Hall–Kier alpha value is -2.49. The third-order valence-corrected chi connectivity index (χ3v) is 3.67. The summed E-state index contributed by atoms with van der Waals surface area (Å²) >= 11 is 0. The molecule has 0 bridgehead atoms. The summed E-state index contributed by atoms with van der Waals surface area (Å²) in [5.74, 6) is 0.654. The molecule has 0 heterocycles. The molecule has 2 rings (SSSR count). The number of aromatic hydroxyl groups is 1. The van der Waals surface area contributed by atoms with Gasteiger partial charge in [-0.1, -0.05) is 55.3 Å². The molecule has 0 aliphatic carbocycles. The molecule has 0 fully saturated rings. The number of hydrogen-bond acceptors (Lipinski definition) is 4. The van der Waals surface area contributed by atoms with Gasteiger partial charge in [-0.25, -0.2) is 0 Å². The molecule has 0 unspecified atom stereocenters. The molecule has 2 N–H and O–H groups in total. The monoisotopic (exact) mass is 313 g/mol. The first-order valence-corrected chi connectivity index (χ1v) is 7.95. The molecular formula is C19H23NO3. The van der Waals surface area contributed by atoms with Gasteiger partial charge < -0.3 is 15.1 Å².